The van der Waals surface area contributed by atoms with E-state index in [-0.39, 0.29) is 0 Å². The quantitative estimate of drug-likeness (QED) is 0.345. The number of ether oxygens (including phenoxy) is 2. The van der Waals surface area contributed by atoms with Crippen LogP contribution < -0.4 is 9.80 Å². The van der Waals surface area contributed by atoms with Crippen molar-refractivity contribution in [1.29, 1.82) is 5.39 Å². The van der Waals surface area contributed by atoms with E-state index in [0.717, 1.165) is 0 Å². The van der Waals surface area contributed by atoms with Gasteiger partial charge in [-0.2, -0.15) is 0 Å². The molecule has 0 unspecified atom stereocenters. The average molecular weight is 488 g/mol. The molecule has 0 aromatic heterocycles. The molecule has 0 spiro atoms. The van der Waals surface area contributed by atoms with Crippen LogP contribution in [0.4, 0.5) is 38.0 Å². The summed E-state index contributed by atoms with van der Waals surface area (Å²) < 4.78 is 11.3. The molecule has 0 fully saturated rings. The molecular weight excluding hydrogens is 456 g/mol. The lowest BCUT2D eigenvalue weighted by molar-refractivity contribution is 0.0587. The topological polar surface area (TPSA) is 87.2 Å². The van der Waals surface area contributed by atoms with Crippen LogP contribution >= 0.6 is 0 Å². The van der Waals surface area contributed by atoms with Gasteiger partial charge in [-0.05, 0) is 90.1 Å². The second-order valence-corrected chi connectivity index (χ2v) is 10.1. The van der Waals surface area contributed by atoms with E-state index in [9.17, 15) is 9.59 Å². The molecule has 0 saturated carbocycles. The van der Waals surface area contributed by atoms with Crippen LogP contribution in [0.5, 0.6) is 0 Å². The Morgan fingerprint density at radius 2 is 0.944 bits per heavy atom. The van der Waals surface area contributed by atoms with Gasteiger partial charge in [-0.1, -0.05) is 18.2 Å². The highest BCUT2D eigenvalue weighted by atomic mass is 16.6. The molecule has 3 rings (SSSR count). The number of hydrogen-bond donors (Lipinski definition) is 0. The van der Waals surface area contributed by atoms with E-state index in [0.29, 0.717) is 28.4 Å². The summed E-state index contributed by atoms with van der Waals surface area (Å²) in [4.78, 5) is 32.3. The van der Waals surface area contributed by atoms with E-state index in [4.69, 9.17) is 14.9 Å². The van der Waals surface area contributed by atoms with Crippen LogP contribution in [0.1, 0.15) is 41.5 Å². The molecule has 0 aliphatic carbocycles. The second-order valence-electron chi connectivity index (χ2n) is 10.1. The highest BCUT2D eigenvalue weighted by Gasteiger charge is 2.28. The van der Waals surface area contributed by atoms with Gasteiger partial charge in [-0.15, -0.1) is 0 Å². The van der Waals surface area contributed by atoms with Crippen LogP contribution in [0.25, 0.3) is 4.98 Å². The molecule has 0 N–H and O–H groups in total. The van der Waals surface area contributed by atoms with E-state index in [2.05, 4.69) is 4.98 Å². The van der Waals surface area contributed by atoms with Crippen LogP contribution in [0, 0.1) is 5.39 Å². The Labute approximate surface area is 211 Å². The fourth-order valence-corrected chi connectivity index (χ4v) is 3.33. The number of carbonyl (C=O) groups is 2. The van der Waals surface area contributed by atoms with Crippen LogP contribution in [-0.4, -0.2) is 23.4 Å². The third-order valence-corrected chi connectivity index (χ3v) is 4.76. The highest BCUT2D eigenvalue weighted by Crippen LogP contribution is 2.33. The summed E-state index contributed by atoms with van der Waals surface area (Å²) in [6.07, 6.45) is -1.09. The van der Waals surface area contributed by atoms with E-state index in [1.165, 1.54) is 9.80 Å². The minimum Gasteiger partial charge on any atom is -0.443 e. The Balaban J connectivity index is 2.02. The van der Waals surface area contributed by atoms with Gasteiger partial charge >= 0.3 is 17.9 Å². The lowest BCUT2D eigenvalue weighted by atomic mass is 10.2. The zero-order chi connectivity index (χ0) is 26.5. The van der Waals surface area contributed by atoms with Crippen LogP contribution in [0.3, 0.4) is 0 Å². The summed E-state index contributed by atoms with van der Waals surface area (Å²) in [7, 11) is 0. The zero-order valence-corrected chi connectivity index (χ0v) is 21.4. The highest BCUT2D eigenvalue weighted by molar-refractivity contribution is 5.99. The number of anilines is 4. The zero-order valence-electron chi connectivity index (χ0n) is 21.4. The first-order chi connectivity index (χ1) is 16.9. The van der Waals surface area contributed by atoms with Crippen molar-refractivity contribution in [3.8, 4) is 0 Å². The fourth-order valence-electron chi connectivity index (χ4n) is 3.33. The van der Waals surface area contributed by atoms with Crippen molar-refractivity contribution in [2.45, 2.75) is 52.7 Å². The van der Waals surface area contributed by atoms with Gasteiger partial charge in [0.2, 0.25) is 5.39 Å². The molecule has 8 heteroatoms. The molecule has 0 radical (unpaired) electrons. The Bertz CT molecular complexity index is 1240. The van der Waals surface area contributed by atoms with Crippen molar-refractivity contribution < 1.29 is 19.1 Å². The lowest BCUT2D eigenvalue weighted by Crippen LogP contribution is -2.34. The van der Waals surface area contributed by atoms with Crippen molar-refractivity contribution in [2.75, 3.05) is 9.80 Å². The molecule has 3 aromatic carbocycles. The molecule has 0 saturated heterocycles. The maximum Gasteiger partial charge on any atom is 0.419 e. The van der Waals surface area contributed by atoms with E-state index >= 15 is 0 Å². The van der Waals surface area contributed by atoms with Gasteiger partial charge in [0.25, 0.3) is 0 Å². The Hall–Kier alpha value is -4.38. The molecule has 0 bridgehead atoms. The predicted octanol–water partition coefficient (Wildman–Crippen LogP) is 8.32. The Morgan fingerprint density at radius 1 is 0.611 bits per heavy atom. The van der Waals surface area contributed by atoms with Gasteiger partial charge in [0.1, 0.15) is 11.2 Å². The molecule has 2 amide bonds. The standard InChI is InChI=1S/C28H31N4O4/c1-27(2,3)35-25(33)31(21-10-8-7-9-11-21)23-16-18-24(19-17-23)32(26(34)36-28(4,5)6)22-14-12-20(30-29)13-15-22/h7-19H,1-6H3/q+1. The molecule has 8 nitrogen and oxygen atoms in total. The van der Waals surface area contributed by atoms with Gasteiger partial charge in [0.15, 0.2) is 4.98 Å². The number of nitrogens with zero attached hydrogens (tertiary/aromatic N) is 4. The normalized spacial score (nSPS) is 11.2. The number of carbonyl (C=O) groups excluding carboxylic acids is 2. The number of rotatable bonds is 4. The van der Waals surface area contributed by atoms with Gasteiger partial charge < -0.3 is 9.47 Å². The molecule has 0 aliphatic rings. The van der Waals surface area contributed by atoms with Crippen molar-refractivity contribution >= 4 is 40.6 Å². The van der Waals surface area contributed by atoms with Gasteiger partial charge in [0.05, 0.1) is 22.7 Å². The molecular formula is C28H31N4O4+. The van der Waals surface area contributed by atoms with Crippen LogP contribution in [0.15, 0.2) is 78.9 Å². The van der Waals surface area contributed by atoms with Gasteiger partial charge in [-0.25, -0.2) is 19.4 Å². The molecule has 0 heterocycles. The minimum absolute atomic E-state index is 0.356. The van der Waals surface area contributed by atoms with Crippen molar-refractivity contribution in [3.63, 3.8) is 0 Å². The smallest absolute Gasteiger partial charge is 0.419 e. The van der Waals surface area contributed by atoms with Crippen LogP contribution in [0.2, 0.25) is 0 Å². The monoisotopic (exact) mass is 487 g/mol. The molecule has 186 valence electrons. The maximum absolute atomic E-state index is 13.2. The first-order valence-corrected chi connectivity index (χ1v) is 11.5. The number of benzene rings is 3. The molecule has 36 heavy (non-hydrogen) atoms. The number of hydrogen-bond acceptors (Lipinski definition) is 5. The third-order valence-electron chi connectivity index (χ3n) is 4.76. The van der Waals surface area contributed by atoms with E-state index in [1.54, 1.807) is 69.3 Å². The number of para-hydroxylation sites is 1. The Kier molecular flexibility index (Phi) is 7.64. The summed E-state index contributed by atoms with van der Waals surface area (Å²) in [5, 5.41) is 9.02. The molecule has 3 aromatic rings. The SMILES string of the molecule is CC(C)(C)OC(=O)N(c1ccccc1)c1ccc(N(C(=O)OC(C)(C)C)c2ccc([N+]#N)cc2)cc1. The van der Waals surface area contributed by atoms with Crippen molar-refractivity contribution in [1.82, 2.24) is 0 Å². The average Bonchev–Trinajstić information content (AvgIpc) is 2.79. The lowest BCUT2D eigenvalue weighted by Gasteiger charge is -2.29. The van der Waals surface area contributed by atoms with Crippen molar-refractivity contribution in [3.05, 3.63) is 83.8 Å². The molecule has 0 atom stereocenters. The fraction of sp³-hybridized carbons (Fsp3) is 0.286. The second kappa shape index (κ2) is 10.5. The van der Waals surface area contributed by atoms with Crippen LogP contribution in [-0.2, 0) is 9.47 Å². The minimum atomic E-state index is -0.712. The summed E-state index contributed by atoms with van der Waals surface area (Å²) in [5.74, 6) is 0. The third kappa shape index (κ3) is 6.83. The Morgan fingerprint density at radius 3 is 1.28 bits per heavy atom. The van der Waals surface area contributed by atoms with Gasteiger partial charge in [-0.3, -0.25) is 0 Å². The van der Waals surface area contributed by atoms with Crippen molar-refractivity contribution in [2.24, 2.45) is 0 Å². The van der Waals surface area contributed by atoms with E-state index < -0.39 is 23.4 Å². The first-order valence-electron chi connectivity index (χ1n) is 11.5. The van der Waals surface area contributed by atoms with Gasteiger partial charge in [0, 0.05) is 12.1 Å². The largest absolute Gasteiger partial charge is 0.443 e. The first kappa shape index (κ1) is 26.2. The van der Waals surface area contributed by atoms with E-state index in [1.807, 2.05) is 51.1 Å². The summed E-state index contributed by atoms with van der Waals surface area (Å²) >= 11 is 0. The predicted molar refractivity (Wildman–Crippen MR) is 141 cm³/mol. The summed E-state index contributed by atoms with van der Waals surface area (Å²) in [6, 6.07) is 22.6. The number of amides is 2. The molecule has 0 aliphatic heterocycles. The summed E-state index contributed by atoms with van der Waals surface area (Å²) in [6.45, 7) is 10.8. The maximum atomic E-state index is 13.2. The number of diazo groups is 1. The summed E-state index contributed by atoms with van der Waals surface area (Å²) in [5.41, 5.74) is 1.23.